The SMILES string of the molecule is CNC1(C(N)=O)CCCOCC1. The van der Waals surface area contributed by atoms with Crippen molar-refractivity contribution in [1.82, 2.24) is 5.32 Å². The van der Waals surface area contributed by atoms with Crippen LogP contribution in [-0.4, -0.2) is 31.7 Å². The zero-order valence-electron chi connectivity index (χ0n) is 7.43. The third-order valence-electron chi connectivity index (χ3n) is 2.52. The van der Waals surface area contributed by atoms with Gasteiger partial charge in [-0.05, 0) is 26.3 Å². The third-order valence-corrected chi connectivity index (χ3v) is 2.52. The standard InChI is InChI=1S/C8H16N2O2/c1-10-8(7(9)11)3-2-5-12-6-4-8/h10H,2-6H2,1H3,(H2,9,11). The predicted octanol–water partition coefficient (Wildman–Crippen LogP) is -0.370. The Labute approximate surface area is 72.5 Å². The molecule has 1 unspecified atom stereocenters. The van der Waals surface area contributed by atoms with Gasteiger partial charge in [-0.15, -0.1) is 0 Å². The van der Waals surface area contributed by atoms with E-state index >= 15 is 0 Å². The fraction of sp³-hybridized carbons (Fsp3) is 0.875. The highest BCUT2D eigenvalue weighted by molar-refractivity contribution is 5.84. The lowest BCUT2D eigenvalue weighted by Gasteiger charge is -2.27. The molecule has 0 bridgehead atoms. The number of carbonyl (C=O) groups is 1. The number of nitrogens with two attached hydrogens (primary N) is 1. The monoisotopic (exact) mass is 172 g/mol. The van der Waals surface area contributed by atoms with Crippen LogP contribution in [0.4, 0.5) is 0 Å². The van der Waals surface area contributed by atoms with Crippen LogP contribution in [0, 0.1) is 0 Å². The smallest absolute Gasteiger partial charge is 0.237 e. The normalized spacial score (nSPS) is 31.1. The summed E-state index contributed by atoms with van der Waals surface area (Å²) < 4.78 is 5.25. The van der Waals surface area contributed by atoms with E-state index in [2.05, 4.69) is 5.32 Å². The van der Waals surface area contributed by atoms with Crippen LogP contribution in [0.1, 0.15) is 19.3 Å². The number of amides is 1. The third kappa shape index (κ3) is 1.76. The molecule has 12 heavy (non-hydrogen) atoms. The Morgan fingerprint density at radius 3 is 2.83 bits per heavy atom. The van der Waals surface area contributed by atoms with Crippen LogP contribution in [0.2, 0.25) is 0 Å². The van der Waals surface area contributed by atoms with Gasteiger partial charge >= 0.3 is 0 Å². The van der Waals surface area contributed by atoms with Gasteiger partial charge in [-0.1, -0.05) is 0 Å². The fourth-order valence-corrected chi connectivity index (χ4v) is 1.57. The summed E-state index contributed by atoms with van der Waals surface area (Å²) in [5, 5.41) is 3.00. The van der Waals surface area contributed by atoms with Crippen molar-refractivity contribution in [1.29, 1.82) is 0 Å². The number of primary amides is 1. The summed E-state index contributed by atoms with van der Waals surface area (Å²) in [6.45, 7) is 1.35. The number of carbonyl (C=O) groups excluding carboxylic acids is 1. The van der Waals surface area contributed by atoms with Crippen molar-refractivity contribution in [3.63, 3.8) is 0 Å². The maximum Gasteiger partial charge on any atom is 0.237 e. The van der Waals surface area contributed by atoms with Gasteiger partial charge in [-0.3, -0.25) is 4.79 Å². The van der Waals surface area contributed by atoms with Crippen molar-refractivity contribution in [2.75, 3.05) is 20.3 Å². The molecule has 1 saturated heterocycles. The second kappa shape index (κ2) is 3.87. The van der Waals surface area contributed by atoms with Crippen molar-refractivity contribution < 1.29 is 9.53 Å². The Morgan fingerprint density at radius 1 is 1.50 bits per heavy atom. The topological polar surface area (TPSA) is 64.3 Å². The molecule has 4 nitrogen and oxygen atoms in total. The van der Waals surface area contributed by atoms with E-state index in [-0.39, 0.29) is 5.91 Å². The number of likely N-dealkylation sites (N-methyl/N-ethyl adjacent to an activating group) is 1. The molecule has 0 radical (unpaired) electrons. The molecule has 1 aliphatic rings. The second-order valence-corrected chi connectivity index (χ2v) is 3.16. The highest BCUT2D eigenvalue weighted by Crippen LogP contribution is 2.20. The number of rotatable bonds is 2. The molecule has 1 aliphatic heterocycles. The number of ether oxygens (including phenoxy) is 1. The predicted molar refractivity (Wildman–Crippen MR) is 45.7 cm³/mol. The number of hydrogen-bond donors (Lipinski definition) is 2. The Bertz CT molecular complexity index is 162. The lowest BCUT2D eigenvalue weighted by Crippen LogP contribution is -2.54. The van der Waals surface area contributed by atoms with E-state index < -0.39 is 5.54 Å². The van der Waals surface area contributed by atoms with Gasteiger partial charge in [0, 0.05) is 13.2 Å². The number of nitrogens with one attached hydrogen (secondary N) is 1. The number of hydrogen-bond acceptors (Lipinski definition) is 3. The molecule has 1 heterocycles. The Balaban J connectivity index is 2.68. The Kier molecular flexibility index (Phi) is 3.05. The van der Waals surface area contributed by atoms with E-state index in [1.807, 2.05) is 0 Å². The minimum Gasteiger partial charge on any atom is -0.381 e. The van der Waals surface area contributed by atoms with Crippen molar-refractivity contribution in [2.45, 2.75) is 24.8 Å². The molecule has 0 aliphatic carbocycles. The fourth-order valence-electron chi connectivity index (χ4n) is 1.57. The molecule has 0 aromatic carbocycles. The first kappa shape index (κ1) is 9.48. The molecular weight excluding hydrogens is 156 g/mol. The van der Waals surface area contributed by atoms with Crippen molar-refractivity contribution in [3.8, 4) is 0 Å². The first-order valence-corrected chi connectivity index (χ1v) is 4.28. The van der Waals surface area contributed by atoms with E-state index in [1.165, 1.54) is 0 Å². The molecule has 70 valence electrons. The van der Waals surface area contributed by atoms with Crippen LogP contribution in [0.15, 0.2) is 0 Å². The average molecular weight is 172 g/mol. The first-order valence-electron chi connectivity index (χ1n) is 4.28. The van der Waals surface area contributed by atoms with Crippen molar-refractivity contribution >= 4 is 5.91 Å². The molecule has 0 spiro atoms. The molecule has 0 aromatic heterocycles. The quantitative estimate of drug-likeness (QED) is 0.597. The van der Waals surface area contributed by atoms with E-state index in [9.17, 15) is 4.79 Å². The maximum atomic E-state index is 11.2. The van der Waals surface area contributed by atoms with E-state index in [0.29, 0.717) is 13.0 Å². The summed E-state index contributed by atoms with van der Waals surface area (Å²) in [6.07, 6.45) is 2.35. The van der Waals surface area contributed by atoms with E-state index in [1.54, 1.807) is 7.05 Å². The van der Waals surface area contributed by atoms with Gasteiger partial charge in [-0.25, -0.2) is 0 Å². The zero-order valence-corrected chi connectivity index (χ0v) is 7.43. The Hall–Kier alpha value is -0.610. The average Bonchev–Trinajstić information content (AvgIpc) is 2.29. The van der Waals surface area contributed by atoms with E-state index in [4.69, 9.17) is 10.5 Å². The lowest BCUT2D eigenvalue weighted by atomic mass is 9.90. The summed E-state index contributed by atoms with van der Waals surface area (Å²) in [6, 6.07) is 0. The summed E-state index contributed by atoms with van der Waals surface area (Å²) in [5.74, 6) is -0.268. The second-order valence-electron chi connectivity index (χ2n) is 3.16. The van der Waals surface area contributed by atoms with Gasteiger partial charge in [0.15, 0.2) is 0 Å². The molecule has 1 fully saturated rings. The van der Waals surface area contributed by atoms with Crippen LogP contribution in [0.3, 0.4) is 0 Å². The van der Waals surface area contributed by atoms with Crippen molar-refractivity contribution in [2.24, 2.45) is 5.73 Å². The van der Waals surface area contributed by atoms with E-state index in [0.717, 1.165) is 19.4 Å². The maximum absolute atomic E-state index is 11.2. The molecular formula is C8H16N2O2. The molecule has 4 heteroatoms. The lowest BCUT2D eigenvalue weighted by molar-refractivity contribution is -0.124. The van der Waals surface area contributed by atoms with Gasteiger partial charge < -0.3 is 15.8 Å². The first-order chi connectivity index (χ1) is 5.71. The minimum absolute atomic E-state index is 0.268. The van der Waals surface area contributed by atoms with Gasteiger partial charge in [-0.2, -0.15) is 0 Å². The minimum atomic E-state index is -0.531. The van der Waals surface area contributed by atoms with Gasteiger partial charge in [0.25, 0.3) is 0 Å². The van der Waals surface area contributed by atoms with Gasteiger partial charge in [0.2, 0.25) is 5.91 Å². The molecule has 0 saturated carbocycles. The zero-order chi connectivity index (χ0) is 9.03. The van der Waals surface area contributed by atoms with Crippen LogP contribution in [0.5, 0.6) is 0 Å². The summed E-state index contributed by atoms with van der Waals surface area (Å²) in [4.78, 5) is 11.2. The van der Waals surface area contributed by atoms with Crippen molar-refractivity contribution in [3.05, 3.63) is 0 Å². The van der Waals surface area contributed by atoms with Crippen LogP contribution >= 0.6 is 0 Å². The molecule has 1 amide bonds. The molecule has 1 atom stereocenters. The molecule has 3 N–H and O–H groups in total. The highest BCUT2D eigenvalue weighted by atomic mass is 16.5. The van der Waals surface area contributed by atoms with Gasteiger partial charge in [0.1, 0.15) is 0 Å². The Morgan fingerprint density at radius 2 is 2.25 bits per heavy atom. The summed E-state index contributed by atoms with van der Waals surface area (Å²) >= 11 is 0. The molecule has 1 rings (SSSR count). The largest absolute Gasteiger partial charge is 0.381 e. The molecule has 0 aromatic rings. The summed E-state index contributed by atoms with van der Waals surface area (Å²) in [7, 11) is 1.77. The van der Waals surface area contributed by atoms with Gasteiger partial charge in [0.05, 0.1) is 5.54 Å². The van der Waals surface area contributed by atoms with Crippen LogP contribution in [-0.2, 0) is 9.53 Å². The summed E-state index contributed by atoms with van der Waals surface area (Å²) in [5.41, 5.74) is 4.79. The van der Waals surface area contributed by atoms with Crippen LogP contribution < -0.4 is 11.1 Å². The highest BCUT2D eigenvalue weighted by Gasteiger charge is 2.35. The van der Waals surface area contributed by atoms with Crippen LogP contribution in [0.25, 0.3) is 0 Å².